The van der Waals surface area contributed by atoms with Crippen LogP contribution in [0.1, 0.15) is 17.7 Å². The van der Waals surface area contributed by atoms with Crippen molar-refractivity contribution in [2.45, 2.75) is 19.8 Å². The molecule has 6 heteroatoms. The van der Waals surface area contributed by atoms with Gasteiger partial charge in [-0.1, -0.05) is 41.9 Å². The van der Waals surface area contributed by atoms with Crippen LogP contribution in [0.25, 0.3) is 0 Å². The van der Waals surface area contributed by atoms with Crippen LogP contribution in [0.2, 0.25) is 5.02 Å². The molecule has 0 fully saturated rings. The van der Waals surface area contributed by atoms with Gasteiger partial charge in [-0.3, -0.25) is 0 Å². The van der Waals surface area contributed by atoms with E-state index in [1.807, 2.05) is 37.3 Å². The molecule has 2 N–H and O–H groups in total. The SMILES string of the molecule is COc1ccc(Nc2cc(C)nc(NCCCc3ccccc3)n2)cc1Cl. The lowest BCUT2D eigenvalue weighted by molar-refractivity contribution is 0.415. The molecule has 1 heterocycles. The third-order valence-corrected chi connectivity index (χ3v) is 4.34. The number of aryl methyl sites for hydroxylation is 2. The standard InChI is InChI=1S/C21H23ClN4O/c1-15-13-20(25-17-10-11-19(27-2)18(22)14-17)26-21(24-15)23-12-6-9-16-7-4-3-5-8-16/h3-5,7-8,10-11,13-14H,6,9,12H2,1-2H3,(H2,23,24,25,26). The zero-order valence-electron chi connectivity index (χ0n) is 15.5. The maximum atomic E-state index is 6.18. The molecular formula is C21H23ClN4O. The minimum absolute atomic E-state index is 0.549. The molecule has 0 bridgehead atoms. The highest BCUT2D eigenvalue weighted by Gasteiger charge is 2.05. The van der Waals surface area contributed by atoms with E-state index in [0.29, 0.717) is 22.5 Å². The number of nitrogens with one attached hydrogen (secondary N) is 2. The molecule has 3 aromatic rings. The molecular weight excluding hydrogens is 360 g/mol. The molecule has 3 rings (SSSR count). The molecule has 1 aromatic heterocycles. The van der Waals surface area contributed by atoms with Crippen LogP contribution in [0.15, 0.2) is 54.6 Å². The summed E-state index contributed by atoms with van der Waals surface area (Å²) in [5.74, 6) is 1.97. The number of methoxy groups -OCH3 is 1. The molecule has 0 aliphatic carbocycles. The maximum Gasteiger partial charge on any atom is 0.224 e. The number of halogens is 1. The van der Waals surface area contributed by atoms with Crippen molar-refractivity contribution in [2.24, 2.45) is 0 Å². The van der Waals surface area contributed by atoms with Crippen molar-refractivity contribution in [1.82, 2.24) is 9.97 Å². The summed E-state index contributed by atoms with van der Waals surface area (Å²) in [5, 5.41) is 7.11. The van der Waals surface area contributed by atoms with E-state index in [9.17, 15) is 0 Å². The average molecular weight is 383 g/mol. The molecule has 0 spiro atoms. The Morgan fingerprint density at radius 2 is 1.85 bits per heavy atom. The number of aromatic nitrogens is 2. The summed E-state index contributed by atoms with van der Waals surface area (Å²) in [4.78, 5) is 8.99. The van der Waals surface area contributed by atoms with Crippen LogP contribution in [0.4, 0.5) is 17.5 Å². The van der Waals surface area contributed by atoms with Gasteiger partial charge in [-0.05, 0) is 43.5 Å². The van der Waals surface area contributed by atoms with Gasteiger partial charge in [0.25, 0.3) is 0 Å². The van der Waals surface area contributed by atoms with E-state index in [2.05, 4.69) is 44.9 Å². The summed E-state index contributed by atoms with van der Waals surface area (Å²) >= 11 is 6.18. The third-order valence-electron chi connectivity index (χ3n) is 4.05. The Bertz CT molecular complexity index is 887. The summed E-state index contributed by atoms with van der Waals surface area (Å²) in [5.41, 5.74) is 3.06. The van der Waals surface area contributed by atoms with Gasteiger partial charge < -0.3 is 15.4 Å². The summed E-state index contributed by atoms with van der Waals surface area (Å²) in [6.45, 7) is 2.76. The predicted molar refractivity (Wildman–Crippen MR) is 111 cm³/mol. The van der Waals surface area contributed by atoms with E-state index in [4.69, 9.17) is 16.3 Å². The lowest BCUT2D eigenvalue weighted by atomic mass is 10.1. The maximum absolute atomic E-state index is 6.18. The highest BCUT2D eigenvalue weighted by atomic mass is 35.5. The Balaban J connectivity index is 1.59. The molecule has 0 saturated carbocycles. The van der Waals surface area contributed by atoms with Gasteiger partial charge in [-0.2, -0.15) is 4.98 Å². The lowest BCUT2D eigenvalue weighted by Gasteiger charge is -2.11. The van der Waals surface area contributed by atoms with Crippen molar-refractivity contribution in [2.75, 3.05) is 24.3 Å². The summed E-state index contributed by atoms with van der Waals surface area (Å²) in [7, 11) is 1.60. The fourth-order valence-electron chi connectivity index (χ4n) is 2.74. The molecule has 0 saturated heterocycles. The second-order valence-electron chi connectivity index (χ2n) is 6.21. The molecule has 0 radical (unpaired) electrons. The molecule has 2 aromatic carbocycles. The molecule has 5 nitrogen and oxygen atoms in total. The highest BCUT2D eigenvalue weighted by Crippen LogP contribution is 2.28. The number of ether oxygens (including phenoxy) is 1. The number of hydrogen-bond donors (Lipinski definition) is 2. The van der Waals surface area contributed by atoms with Gasteiger partial charge in [-0.25, -0.2) is 4.98 Å². The van der Waals surface area contributed by atoms with E-state index in [0.717, 1.165) is 30.8 Å². The molecule has 0 aliphatic heterocycles. The van der Waals surface area contributed by atoms with Gasteiger partial charge in [0.1, 0.15) is 11.6 Å². The first-order valence-electron chi connectivity index (χ1n) is 8.88. The van der Waals surface area contributed by atoms with E-state index in [-0.39, 0.29) is 0 Å². The molecule has 0 aliphatic rings. The number of hydrogen-bond acceptors (Lipinski definition) is 5. The van der Waals surface area contributed by atoms with E-state index in [1.54, 1.807) is 7.11 Å². The second-order valence-corrected chi connectivity index (χ2v) is 6.62. The zero-order chi connectivity index (χ0) is 19.1. The fourth-order valence-corrected chi connectivity index (χ4v) is 3.00. The van der Waals surface area contributed by atoms with Crippen LogP contribution in [0.5, 0.6) is 5.75 Å². The second kappa shape index (κ2) is 9.24. The van der Waals surface area contributed by atoms with Gasteiger partial charge in [0, 0.05) is 24.0 Å². The van der Waals surface area contributed by atoms with Gasteiger partial charge in [0.05, 0.1) is 12.1 Å². The summed E-state index contributed by atoms with van der Waals surface area (Å²) < 4.78 is 5.18. The van der Waals surface area contributed by atoms with Crippen molar-refractivity contribution >= 4 is 29.1 Å². The largest absolute Gasteiger partial charge is 0.495 e. The van der Waals surface area contributed by atoms with Crippen LogP contribution >= 0.6 is 11.6 Å². The van der Waals surface area contributed by atoms with Crippen molar-refractivity contribution in [3.05, 3.63) is 70.9 Å². The molecule has 0 atom stereocenters. The van der Waals surface area contributed by atoms with E-state index >= 15 is 0 Å². The third kappa shape index (κ3) is 5.59. The van der Waals surface area contributed by atoms with Crippen LogP contribution in [0, 0.1) is 6.92 Å². The van der Waals surface area contributed by atoms with Crippen molar-refractivity contribution in [1.29, 1.82) is 0 Å². The van der Waals surface area contributed by atoms with E-state index < -0.39 is 0 Å². The molecule has 0 unspecified atom stereocenters. The van der Waals surface area contributed by atoms with Crippen molar-refractivity contribution < 1.29 is 4.74 Å². The highest BCUT2D eigenvalue weighted by molar-refractivity contribution is 6.32. The monoisotopic (exact) mass is 382 g/mol. The minimum atomic E-state index is 0.549. The predicted octanol–water partition coefficient (Wildman–Crippen LogP) is 5.24. The topological polar surface area (TPSA) is 59.1 Å². The first-order chi connectivity index (χ1) is 13.1. The molecule has 27 heavy (non-hydrogen) atoms. The number of benzene rings is 2. The number of rotatable bonds is 8. The molecule has 140 valence electrons. The van der Waals surface area contributed by atoms with Crippen LogP contribution in [0.3, 0.4) is 0 Å². The normalized spacial score (nSPS) is 10.5. The summed E-state index contributed by atoms with van der Waals surface area (Å²) in [6.07, 6.45) is 2.03. The number of nitrogens with zero attached hydrogens (tertiary/aromatic N) is 2. The number of anilines is 3. The Morgan fingerprint density at radius 3 is 2.59 bits per heavy atom. The van der Waals surface area contributed by atoms with Crippen LogP contribution in [-0.2, 0) is 6.42 Å². The first kappa shape index (κ1) is 19.0. The Morgan fingerprint density at radius 1 is 1.04 bits per heavy atom. The van der Waals surface area contributed by atoms with Gasteiger partial charge >= 0.3 is 0 Å². The van der Waals surface area contributed by atoms with Gasteiger partial charge in [0.15, 0.2) is 0 Å². The smallest absolute Gasteiger partial charge is 0.224 e. The van der Waals surface area contributed by atoms with Gasteiger partial charge in [-0.15, -0.1) is 0 Å². The van der Waals surface area contributed by atoms with E-state index in [1.165, 1.54) is 5.56 Å². The first-order valence-corrected chi connectivity index (χ1v) is 9.26. The minimum Gasteiger partial charge on any atom is -0.495 e. The summed E-state index contributed by atoms with van der Waals surface area (Å²) in [6, 6.07) is 17.9. The Kier molecular flexibility index (Phi) is 6.49. The zero-order valence-corrected chi connectivity index (χ0v) is 16.3. The molecule has 0 amide bonds. The van der Waals surface area contributed by atoms with Crippen molar-refractivity contribution in [3.63, 3.8) is 0 Å². The fraction of sp³-hybridized carbons (Fsp3) is 0.238. The average Bonchev–Trinajstić information content (AvgIpc) is 2.66. The quantitative estimate of drug-likeness (QED) is 0.522. The van der Waals surface area contributed by atoms with Crippen LogP contribution < -0.4 is 15.4 Å². The lowest BCUT2D eigenvalue weighted by Crippen LogP contribution is -2.08. The Hall–Kier alpha value is -2.79. The van der Waals surface area contributed by atoms with Crippen molar-refractivity contribution in [3.8, 4) is 5.75 Å². The Labute approximate surface area is 164 Å². The van der Waals surface area contributed by atoms with Gasteiger partial charge in [0.2, 0.25) is 5.95 Å². The van der Waals surface area contributed by atoms with Crippen LogP contribution in [-0.4, -0.2) is 23.6 Å².